The number of oxime groups is 1. The summed E-state index contributed by atoms with van der Waals surface area (Å²) in [6.07, 6.45) is 0.189. The molecule has 0 spiro atoms. The number of amidine groups is 1. The summed E-state index contributed by atoms with van der Waals surface area (Å²) in [5.41, 5.74) is 7.12. The van der Waals surface area contributed by atoms with Crippen LogP contribution in [0.5, 0.6) is 0 Å². The van der Waals surface area contributed by atoms with Crippen molar-refractivity contribution in [3.05, 3.63) is 29.3 Å². The predicted octanol–water partition coefficient (Wildman–Crippen LogP) is 1.45. The molecule has 1 aromatic rings. The molecule has 7 heteroatoms. The first kappa shape index (κ1) is 16.5. The molecule has 0 aromatic heterocycles. The van der Waals surface area contributed by atoms with Gasteiger partial charge in [0, 0.05) is 19.5 Å². The molecular weight excluding hydrogens is 278 g/mol. The van der Waals surface area contributed by atoms with E-state index in [0.29, 0.717) is 17.0 Å². The van der Waals surface area contributed by atoms with Gasteiger partial charge in [0.25, 0.3) is 0 Å². The Morgan fingerprint density at radius 3 is 2.55 bits per heavy atom. The first-order chi connectivity index (χ1) is 9.32. The second-order valence-electron chi connectivity index (χ2n) is 4.61. The van der Waals surface area contributed by atoms with E-state index in [-0.39, 0.29) is 18.8 Å². The van der Waals surface area contributed by atoms with Gasteiger partial charge in [-0.25, -0.2) is 8.42 Å². The molecule has 0 aliphatic heterocycles. The van der Waals surface area contributed by atoms with Gasteiger partial charge in [-0.2, -0.15) is 4.31 Å². The average Bonchev–Trinajstić information content (AvgIpc) is 2.38. The number of hydrogen-bond donors (Lipinski definition) is 2. The molecular formula is C13H21N3O3S. The van der Waals surface area contributed by atoms with Crippen LogP contribution in [-0.4, -0.2) is 36.9 Å². The lowest BCUT2D eigenvalue weighted by Gasteiger charge is -2.21. The van der Waals surface area contributed by atoms with E-state index in [4.69, 9.17) is 10.9 Å². The molecule has 112 valence electrons. The maximum Gasteiger partial charge on any atom is 0.243 e. The quantitative estimate of drug-likeness (QED) is 0.359. The summed E-state index contributed by atoms with van der Waals surface area (Å²) < 4.78 is 26.5. The molecule has 0 atom stereocenters. The van der Waals surface area contributed by atoms with Crippen LogP contribution in [0.3, 0.4) is 0 Å². The monoisotopic (exact) mass is 299 g/mol. The Hall–Kier alpha value is -1.60. The van der Waals surface area contributed by atoms with E-state index in [1.807, 2.05) is 13.0 Å². The van der Waals surface area contributed by atoms with E-state index in [0.717, 1.165) is 5.56 Å². The number of hydrogen-bond acceptors (Lipinski definition) is 4. The van der Waals surface area contributed by atoms with E-state index in [9.17, 15) is 8.42 Å². The molecule has 20 heavy (non-hydrogen) atoms. The third kappa shape index (κ3) is 3.71. The van der Waals surface area contributed by atoms with E-state index < -0.39 is 10.0 Å². The average molecular weight is 299 g/mol. The van der Waals surface area contributed by atoms with Gasteiger partial charge in [0.15, 0.2) is 0 Å². The van der Waals surface area contributed by atoms with Crippen LogP contribution < -0.4 is 5.73 Å². The molecule has 0 aliphatic carbocycles. The van der Waals surface area contributed by atoms with Crippen molar-refractivity contribution in [2.45, 2.75) is 32.1 Å². The zero-order valence-corrected chi connectivity index (χ0v) is 12.8. The van der Waals surface area contributed by atoms with Crippen LogP contribution in [0.4, 0.5) is 0 Å². The first-order valence-electron chi connectivity index (χ1n) is 6.36. The third-order valence-electron chi connectivity index (χ3n) is 3.05. The minimum absolute atomic E-state index is 0.0132. The molecule has 0 unspecified atom stereocenters. The van der Waals surface area contributed by atoms with Crippen LogP contribution >= 0.6 is 0 Å². The Kier molecular flexibility index (Phi) is 5.52. The normalized spacial score (nSPS) is 12.9. The lowest BCUT2D eigenvalue weighted by atomic mass is 10.2. The van der Waals surface area contributed by atoms with Crippen LogP contribution in [0.2, 0.25) is 0 Å². The minimum Gasteiger partial charge on any atom is -0.409 e. The molecule has 0 aliphatic rings. The number of rotatable bonds is 6. The molecule has 0 bridgehead atoms. The zero-order valence-electron chi connectivity index (χ0n) is 12.0. The number of nitrogens with zero attached hydrogens (tertiary/aromatic N) is 2. The van der Waals surface area contributed by atoms with E-state index in [1.165, 1.54) is 4.31 Å². The molecule has 1 rings (SSSR count). The zero-order chi connectivity index (χ0) is 15.3. The van der Waals surface area contributed by atoms with Crippen LogP contribution in [0.15, 0.2) is 28.3 Å². The van der Waals surface area contributed by atoms with Crippen LogP contribution in [0.1, 0.15) is 24.5 Å². The Labute approximate surface area is 119 Å². The van der Waals surface area contributed by atoms with E-state index >= 15 is 0 Å². The summed E-state index contributed by atoms with van der Waals surface area (Å²) in [5, 5.41) is 11.4. The minimum atomic E-state index is -3.56. The van der Waals surface area contributed by atoms with Gasteiger partial charge in [-0.15, -0.1) is 0 Å². The number of sulfonamides is 1. The van der Waals surface area contributed by atoms with E-state index in [2.05, 4.69) is 5.16 Å². The molecule has 0 saturated carbocycles. The van der Waals surface area contributed by atoms with Gasteiger partial charge in [-0.05, 0) is 25.5 Å². The van der Waals surface area contributed by atoms with Gasteiger partial charge in [-0.1, -0.05) is 29.8 Å². The predicted molar refractivity (Wildman–Crippen MR) is 78.4 cm³/mol. The molecule has 0 saturated heterocycles. The second-order valence-corrected chi connectivity index (χ2v) is 6.51. The fourth-order valence-corrected chi connectivity index (χ4v) is 3.62. The highest BCUT2D eigenvalue weighted by Crippen LogP contribution is 2.21. The standard InChI is InChI=1S/C13H21N3O3S/c1-4-16(8-7-13(14)15-17)20(18,19)12-6-5-10(2)9-11(12)3/h5-6,9,17H,4,7-8H2,1-3H3,(H2,14,15). The van der Waals surface area contributed by atoms with Gasteiger partial charge in [-0.3, -0.25) is 0 Å². The molecule has 0 amide bonds. The maximum absolute atomic E-state index is 12.6. The highest BCUT2D eigenvalue weighted by Gasteiger charge is 2.24. The van der Waals surface area contributed by atoms with Gasteiger partial charge in [0.1, 0.15) is 5.84 Å². The summed E-state index contributed by atoms with van der Waals surface area (Å²) in [4.78, 5) is 0.296. The Bertz CT molecular complexity index is 597. The smallest absolute Gasteiger partial charge is 0.243 e. The highest BCUT2D eigenvalue weighted by molar-refractivity contribution is 7.89. The van der Waals surface area contributed by atoms with Gasteiger partial charge in [0.2, 0.25) is 10.0 Å². The second kappa shape index (κ2) is 6.71. The van der Waals surface area contributed by atoms with Crippen molar-refractivity contribution >= 4 is 15.9 Å². The lowest BCUT2D eigenvalue weighted by molar-refractivity contribution is 0.315. The Morgan fingerprint density at radius 2 is 2.05 bits per heavy atom. The number of nitrogens with two attached hydrogens (primary N) is 1. The first-order valence-corrected chi connectivity index (χ1v) is 7.80. The van der Waals surface area contributed by atoms with Crippen LogP contribution in [-0.2, 0) is 10.0 Å². The number of benzene rings is 1. The molecule has 6 nitrogen and oxygen atoms in total. The fraction of sp³-hybridized carbons (Fsp3) is 0.462. The van der Waals surface area contributed by atoms with Crippen molar-refractivity contribution in [2.24, 2.45) is 10.9 Å². The molecule has 3 N–H and O–H groups in total. The Morgan fingerprint density at radius 1 is 1.40 bits per heavy atom. The van der Waals surface area contributed by atoms with Crippen molar-refractivity contribution in [3.63, 3.8) is 0 Å². The Balaban J connectivity index is 3.06. The SMILES string of the molecule is CCN(CCC(N)=NO)S(=O)(=O)c1ccc(C)cc1C. The van der Waals surface area contributed by atoms with Gasteiger partial charge < -0.3 is 10.9 Å². The summed E-state index contributed by atoms with van der Waals surface area (Å²) in [7, 11) is -3.56. The van der Waals surface area contributed by atoms with Crippen LogP contribution in [0, 0.1) is 13.8 Å². The van der Waals surface area contributed by atoms with Crippen LogP contribution in [0.25, 0.3) is 0 Å². The van der Waals surface area contributed by atoms with Crippen molar-refractivity contribution in [1.82, 2.24) is 4.31 Å². The third-order valence-corrected chi connectivity index (χ3v) is 5.18. The molecule has 0 heterocycles. The maximum atomic E-state index is 12.6. The summed E-state index contributed by atoms with van der Waals surface area (Å²) >= 11 is 0. The van der Waals surface area contributed by atoms with Gasteiger partial charge in [0.05, 0.1) is 4.90 Å². The van der Waals surface area contributed by atoms with Crippen molar-refractivity contribution < 1.29 is 13.6 Å². The van der Waals surface area contributed by atoms with Crippen molar-refractivity contribution in [2.75, 3.05) is 13.1 Å². The van der Waals surface area contributed by atoms with Crippen molar-refractivity contribution in [3.8, 4) is 0 Å². The largest absolute Gasteiger partial charge is 0.409 e. The lowest BCUT2D eigenvalue weighted by Crippen LogP contribution is -2.34. The highest BCUT2D eigenvalue weighted by atomic mass is 32.2. The summed E-state index contributed by atoms with van der Waals surface area (Å²) in [6.45, 7) is 5.96. The van der Waals surface area contributed by atoms with Gasteiger partial charge >= 0.3 is 0 Å². The molecule has 1 aromatic carbocycles. The summed E-state index contributed by atoms with van der Waals surface area (Å²) in [5.74, 6) is 0.0132. The topological polar surface area (TPSA) is 96.0 Å². The molecule has 0 fully saturated rings. The molecule has 0 radical (unpaired) electrons. The number of aryl methyl sites for hydroxylation is 2. The van der Waals surface area contributed by atoms with Crippen molar-refractivity contribution in [1.29, 1.82) is 0 Å². The van der Waals surface area contributed by atoms with E-state index in [1.54, 1.807) is 26.0 Å². The summed E-state index contributed by atoms with van der Waals surface area (Å²) in [6, 6.07) is 5.23. The fourth-order valence-electron chi connectivity index (χ4n) is 1.97.